The van der Waals surface area contributed by atoms with E-state index in [4.69, 9.17) is 5.73 Å². The minimum atomic E-state index is -0.0946. The Morgan fingerprint density at radius 2 is 1.53 bits per heavy atom. The molecule has 0 amide bonds. The molecule has 0 aromatic heterocycles. The summed E-state index contributed by atoms with van der Waals surface area (Å²) < 4.78 is 0. The molecule has 2 aliphatic rings. The molecule has 1 saturated heterocycles. The van der Waals surface area contributed by atoms with Gasteiger partial charge >= 0.3 is 0 Å². The molecule has 1 aliphatic heterocycles. The van der Waals surface area contributed by atoms with E-state index in [1.54, 1.807) is 0 Å². The van der Waals surface area contributed by atoms with E-state index in [0.29, 0.717) is 18.3 Å². The summed E-state index contributed by atoms with van der Waals surface area (Å²) in [7, 11) is 2.19. The van der Waals surface area contributed by atoms with Crippen LogP contribution >= 0.6 is 0 Å². The molecule has 3 aromatic rings. The lowest BCUT2D eigenvalue weighted by atomic mass is 9.88. The fraction of sp³-hybridized carbons (Fsp3) is 0.387. The van der Waals surface area contributed by atoms with Gasteiger partial charge in [-0.1, -0.05) is 78.9 Å². The number of Topliss-reactive ketones (excluding diaryl/α,β-unsaturated/α-hetero) is 1. The van der Waals surface area contributed by atoms with E-state index < -0.39 is 0 Å². The maximum absolute atomic E-state index is 12.9. The van der Waals surface area contributed by atoms with Gasteiger partial charge in [0.15, 0.2) is 5.78 Å². The van der Waals surface area contributed by atoms with Crippen molar-refractivity contribution < 1.29 is 4.79 Å². The van der Waals surface area contributed by atoms with Crippen molar-refractivity contribution in [2.75, 3.05) is 20.1 Å². The first-order chi connectivity index (χ1) is 16.5. The average molecular weight is 453 g/mol. The van der Waals surface area contributed by atoms with Gasteiger partial charge in [0.25, 0.3) is 0 Å². The van der Waals surface area contributed by atoms with Crippen LogP contribution in [0.3, 0.4) is 0 Å². The predicted molar refractivity (Wildman–Crippen MR) is 139 cm³/mol. The molecule has 0 spiro atoms. The molecule has 1 aliphatic carbocycles. The molecule has 34 heavy (non-hydrogen) atoms. The highest BCUT2D eigenvalue weighted by Crippen LogP contribution is 2.52. The van der Waals surface area contributed by atoms with Gasteiger partial charge in [-0.2, -0.15) is 0 Å². The average Bonchev–Trinajstić information content (AvgIpc) is 3.56. The number of nitrogens with zero attached hydrogens (tertiary/aromatic N) is 1. The smallest absolute Gasteiger partial charge is 0.167 e. The molecule has 5 rings (SSSR count). The first-order valence-electron chi connectivity index (χ1n) is 12.7. The van der Waals surface area contributed by atoms with Gasteiger partial charge in [-0.25, -0.2) is 0 Å². The molecule has 2 N–H and O–H groups in total. The normalized spacial score (nSPS) is 23.1. The first-order valence-corrected chi connectivity index (χ1v) is 12.7. The van der Waals surface area contributed by atoms with E-state index >= 15 is 0 Å². The first kappa shape index (κ1) is 23.0. The Balaban J connectivity index is 1.14. The zero-order valence-electron chi connectivity index (χ0n) is 20.2. The second-order valence-electron chi connectivity index (χ2n) is 10.5. The van der Waals surface area contributed by atoms with Gasteiger partial charge in [-0.3, -0.25) is 4.79 Å². The van der Waals surface area contributed by atoms with E-state index in [-0.39, 0.29) is 11.3 Å². The van der Waals surface area contributed by atoms with Crippen LogP contribution in [0.15, 0.2) is 78.9 Å². The topological polar surface area (TPSA) is 46.3 Å². The third kappa shape index (κ3) is 5.32. The lowest BCUT2D eigenvalue weighted by Gasteiger charge is -2.29. The number of rotatable bonds is 8. The van der Waals surface area contributed by atoms with Crippen molar-refractivity contribution in [1.82, 2.24) is 4.90 Å². The zero-order chi connectivity index (χ0) is 23.5. The van der Waals surface area contributed by atoms with Gasteiger partial charge in [-0.15, -0.1) is 0 Å². The molecule has 0 bridgehead atoms. The number of piperidine rings is 1. The maximum atomic E-state index is 12.9. The number of benzene rings is 3. The van der Waals surface area contributed by atoms with Gasteiger partial charge in [0, 0.05) is 23.4 Å². The highest BCUT2D eigenvalue weighted by atomic mass is 16.1. The number of hydrogen-bond donors (Lipinski definition) is 1. The highest BCUT2D eigenvalue weighted by molar-refractivity contribution is 5.97. The van der Waals surface area contributed by atoms with Crippen LogP contribution in [0, 0.1) is 0 Å². The molecule has 0 radical (unpaired) electrons. The van der Waals surface area contributed by atoms with Crippen molar-refractivity contribution in [3.63, 3.8) is 0 Å². The summed E-state index contributed by atoms with van der Waals surface area (Å²) in [5.41, 5.74) is 12.5. The van der Waals surface area contributed by atoms with Crippen LogP contribution in [0.2, 0.25) is 0 Å². The van der Waals surface area contributed by atoms with Crippen molar-refractivity contribution in [3.8, 4) is 0 Å². The Labute approximate surface area is 204 Å². The summed E-state index contributed by atoms with van der Waals surface area (Å²) >= 11 is 0. The Morgan fingerprint density at radius 1 is 0.882 bits per heavy atom. The third-order valence-electron chi connectivity index (χ3n) is 8.01. The molecule has 1 heterocycles. The van der Waals surface area contributed by atoms with Crippen LogP contribution in [0.5, 0.6) is 0 Å². The van der Waals surface area contributed by atoms with E-state index in [2.05, 4.69) is 78.7 Å². The quantitative estimate of drug-likeness (QED) is 0.443. The summed E-state index contributed by atoms with van der Waals surface area (Å²) in [6.45, 7) is 2.31. The SMILES string of the molecule is CN1CCC(c2ccc(C(=O)Cc3ccc([C@@H]4C[C@]4(N)CCc4ccccc4)cc3)cc2)CC1. The van der Waals surface area contributed by atoms with Crippen molar-refractivity contribution in [1.29, 1.82) is 0 Å². The second kappa shape index (κ2) is 9.85. The molecular formula is C31H36N2O. The fourth-order valence-corrected chi connectivity index (χ4v) is 5.51. The largest absolute Gasteiger partial charge is 0.325 e. The van der Waals surface area contributed by atoms with Crippen LogP contribution in [-0.2, 0) is 12.8 Å². The number of ketones is 1. The summed E-state index contributed by atoms with van der Waals surface area (Å²) in [5.74, 6) is 1.23. The Morgan fingerprint density at radius 3 is 2.21 bits per heavy atom. The van der Waals surface area contributed by atoms with Crippen molar-refractivity contribution >= 4 is 5.78 Å². The molecule has 3 aromatic carbocycles. The molecule has 0 unspecified atom stereocenters. The number of carbonyl (C=O) groups is 1. The van der Waals surface area contributed by atoms with Crippen LogP contribution in [0.4, 0.5) is 0 Å². The van der Waals surface area contributed by atoms with E-state index in [1.165, 1.54) is 29.5 Å². The summed E-state index contributed by atoms with van der Waals surface area (Å²) in [6.07, 6.45) is 5.93. The molecule has 2 fully saturated rings. The zero-order valence-corrected chi connectivity index (χ0v) is 20.2. The van der Waals surface area contributed by atoms with Crippen molar-refractivity contribution in [3.05, 3.63) is 107 Å². The number of carbonyl (C=O) groups excluding carboxylic acids is 1. The monoisotopic (exact) mass is 452 g/mol. The van der Waals surface area contributed by atoms with Crippen molar-refractivity contribution in [2.45, 2.75) is 55.9 Å². The van der Waals surface area contributed by atoms with Crippen LogP contribution in [0.25, 0.3) is 0 Å². The van der Waals surface area contributed by atoms with Gasteiger partial charge in [0.05, 0.1) is 0 Å². The fourth-order valence-electron chi connectivity index (χ4n) is 5.51. The molecule has 1 saturated carbocycles. The lowest BCUT2D eigenvalue weighted by molar-refractivity contribution is 0.0993. The standard InChI is InChI=1S/C31H36N2O/c1-33-19-16-26(17-20-33)25-11-13-28(14-12-25)30(34)21-24-7-9-27(10-8-24)29-22-31(29,32)18-15-23-5-3-2-4-6-23/h2-14,26,29H,15-22,32H2,1H3/t29-,31+/m0/s1. The van der Waals surface area contributed by atoms with Gasteiger partial charge in [0.2, 0.25) is 0 Å². The summed E-state index contributed by atoms with van der Waals surface area (Å²) in [5, 5.41) is 0. The molecular weight excluding hydrogens is 416 g/mol. The lowest BCUT2D eigenvalue weighted by Crippen LogP contribution is -2.29. The number of hydrogen-bond acceptors (Lipinski definition) is 3. The molecule has 2 atom stereocenters. The predicted octanol–water partition coefficient (Wildman–Crippen LogP) is 5.74. The maximum Gasteiger partial charge on any atom is 0.167 e. The number of nitrogens with two attached hydrogens (primary N) is 1. The van der Waals surface area contributed by atoms with E-state index in [1.807, 2.05) is 12.1 Å². The Bertz CT molecular complexity index is 1100. The van der Waals surface area contributed by atoms with Crippen LogP contribution < -0.4 is 5.73 Å². The molecule has 3 nitrogen and oxygen atoms in total. The van der Waals surface area contributed by atoms with E-state index in [9.17, 15) is 4.79 Å². The summed E-state index contributed by atoms with van der Waals surface area (Å²) in [4.78, 5) is 15.3. The van der Waals surface area contributed by atoms with Gasteiger partial charge < -0.3 is 10.6 Å². The number of aryl methyl sites for hydroxylation is 1. The second-order valence-corrected chi connectivity index (χ2v) is 10.5. The van der Waals surface area contributed by atoms with E-state index in [0.717, 1.165) is 43.5 Å². The Kier molecular flexibility index (Phi) is 6.67. The van der Waals surface area contributed by atoms with Gasteiger partial charge in [-0.05, 0) is 80.4 Å². The molecule has 3 heteroatoms. The highest BCUT2D eigenvalue weighted by Gasteiger charge is 2.50. The van der Waals surface area contributed by atoms with Crippen LogP contribution in [-0.4, -0.2) is 36.4 Å². The third-order valence-corrected chi connectivity index (χ3v) is 8.01. The van der Waals surface area contributed by atoms with Crippen LogP contribution in [0.1, 0.15) is 70.1 Å². The van der Waals surface area contributed by atoms with Crippen molar-refractivity contribution in [2.24, 2.45) is 5.73 Å². The summed E-state index contributed by atoms with van der Waals surface area (Å²) in [6, 6.07) is 27.5. The Hall–Kier alpha value is -2.75. The molecule has 176 valence electrons. The van der Waals surface area contributed by atoms with Gasteiger partial charge in [0.1, 0.15) is 0 Å². The number of likely N-dealkylation sites (tertiary alicyclic amines) is 1. The minimum absolute atomic E-state index is 0.0946. The minimum Gasteiger partial charge on any atom is -0.325 e.